The lowest BCUT2D eigenvalue weighted by Crippen LogP contribution is -2.19. The topological polar surface area (TPSA) is 38.5 Å². The maximum Gasteiger partial charge on any atom is 0.219 e. The number of anilines is 1. The number of rotatable bonds is 3. The Bertz CT molecular complexity index is 1010. The summed E-state index contributed by atoms with van der Waals surface area (Å²) in [6, 6.07) is 10.9. The Morgan fingerprint density at radius 2 is 1.92 bits per heavy atom. The minimum atomic E-state index is 0.510. The first-order chi connectivity index (χ1) is 12.1. The number of ether oxygens (including phenoxy) is 1. The number of hydrogen-bond acceptors (Lipinski definition) is 4. The van der Waals surface area contributed by atoms with Crippen molar-refractivity contribution in [3.63, 3.8) is 0 Å². The van der Waals surface area contributed by atoms with E-state index in [0.29, 0.717) is 21.5 Å². The molecule has 0 amide bonds. The Morgan fingerprint density at radius 1 is 1.12 bits per heavy atom. The van der Waals surface area contributed by atoms with Crippen molar-refractivity contribution in [2.24, 2.45) is 0 Å². The number of allylic oxidation sites excluding steroid dienone is 2. The van der Waals surface area contributed by atoms with Crippen LogP contribution in [0.25, 0.3) is 17.2 Å². The second-order valence-electron chi connectivity index (χ2n) is 5.49. The summed E-state index contributed by atoms with van der Waals surface area (Å²) in [6.45, 7) is 2.83. The lowest BCUT2D eigenvalue weighted by Gasteiger charge is -2.15. The quantitative estimate of drug-likeness (QED) is 0.572. The number of nitrogens with zero attached hydrogens (tertiary/aromatic N) is 2. The molecular formula is C19H14Cl2N2O2. The first-order valence-electron chi connectivity index (χ1n) is 7.83. The van der Waals surface area contributed by atoms with Gasteiger partial charge in [-0.2, -0.15) is 0 Å². The number of aromatic nitrogens is 1. The molecule has 1 aliphatic rings. The van der Waals surface area contributed by atoms with Crippen molar-refractivity contribution in [2.45, 2.75) is 6.92 Å². The molecule has 1 aromatic heterocycles. The smallest absolute Gasteiger partial charge is 0.219 e. The lowest BCUT2D eigenvalue weighted by atomic mass is 10.3. The summed E-state index contributed by atoms with van der Waals surface area (Å²) in [5.74, 6) is 2.04. The molecule has 0 atom stereocenters. The van der Waals surface area contributed by atoms with Gasteiger partial charge in [-0.25, -0.2) is 4.98 Å². The zero-order valence-electron chi connectivity index (χ0n) is 13.4. The zero-order valence-corrected chi connectivity index (χ0v) is 14.9. The van der Waals surface area contributed by atoms with E-state index in [2.05, 4.69) is 16.8 Å². The van der Waals surface area contributed by atoms with Gasteiger partial charge in [-0.3, -0.25) is 0 Å². The van der Waals surface area contributed by atoms with Crippen molar-refractivity contribution >= 4 is 46.1 Å². The van der Waals surface area contributed by atoms with Gasteiger partial charge in [0.05, 0.1) is 5.69 Å². The molecule has 4 rings (SSSR count). The molecule has 0 radical (unpaired) electrons. The second kappa shape index (κ2) is 6.47. The molecule has 4 nitrogen and oxygen atoms in total. The fourth-order valence-electron chi connectivity index (χ4n) is 2.73. The first kappa shape index (κ1) is 16.1. The molecule has 2 aromatic carbocycles. The van der Waals surface area contributed by atoms with Crippen LogP contribution in [0.3, 0.4) is 0 Å². The third-order valence-corrected chi connectivity index (χ3v) is 4.32. The van der Waals surface area contributed by atoms with Crippen molar-refractivity contribution in [1.82, 2.24) is 4.98 Å². The monoisotopic (exact) mass is 372 g/mol. The van der Waals surface area contributed by atoms with Gasteiger partial charge in [0.1, 0.15) is 5.52 Å². The minimum Gasteiger partial charge on any atom is -0.439 e. The minimum absolute atomic E-state index is 0.510. The summed E-state index contributed by atoms with van der Waals surface area (Å²) in [6.07, 6.45) is 5.51. The van der Waals surface area contributed by atoms with Gasteiger partial charge >= 0.3 is 0 Å². The van der Waals surface area contributed by atoms with Gasteiger partial charge in [-0.05, 0) is 49.4 Å². The third-order valence-electron chi connectivity index (χ3n) is 3.85. The fourth-order valence-corrected chi connectivity index (χ4v) is 3.06. The first-order valence-corrected chi connectivity index (χ1v) is 8.59. The Morgan fingerprint density at radius 3 is 2.76 bits per heavy atom. The Balaban J connectivity index is 1.59. The van der Waals surface area contributed by atoms with E-state index in [1.165, 1.54) is 0 Å². The van der Waals surface area contributed by atoms with E-state index < -0.39 is 0 Å². The summed E-state index contributed by atoms with van der Waals surface area (Å²) >= 11 is 12.0. The molecule has 0 aliphatic carbocycles. The fraction of sp³-hybridized carbons (Fsp3) is 0.105. The summed E-state index contributed by atoms with van der Waals surface area (Å²) < 4.78 is 11.5. The van der Waals surface area contributed by atoms with Crippen molar-refractivity contribution in [3.05, 3.63) is 70.4 Å². The number of fused-ring (bicyclic) bond motifs is 2. The lowest BCUT2D eigenvalue weighted by molar-refractivity contribution is 0.440. The molecule has 25 heavy (non-hydrogen) atoms. The maximum atomic E-state index is 6.08. The maximum absolute atomic E-state index is 6.08. The van der Waals surface area contributed by atoms with Crippen LogP contribution in [0.15, 0.2) is 58.9 Å². The summed E-state index contributed by atoms with van der Waals surface area (Å²) in [5, 5.41) is 1.32. The summed E-state index contributed by atoms with van der Waals surface area (Å²) in [5.41, 5.74) is 2.39. The Labute approximate surface area is 154 Å². The van der Waals surface area contributed by atoms with Crippen LogP contribution in [-0.2, 0) is 0 Å². The number of halogens is 2. The molecule has 6 heteroatoms. The molecule has 0 bridgehead atoms. The van der Waals surface area contributed by atoms with Crippen molar-refractivity contribution in [2.75, 3.05) is 11.4 Å². The molecular weight excluding hydrogens is 359 g/mol. The van der Waals surface area contributed by atoms with Crippen molar-refractivity contribution < 1.29 is 9.15 Å². The van der Waals surface area contributed by atoms with Gasteiger partial charge in [-0.15, -0.1) is 0 Å². The van der Waals surface area contributed by atoms with Gasteiger partial charge in [0, 0.05) is 22.7 Å². The highest BCUT2D eigenvalue weighted by atomic mass is 35.5. The number of hydrogen-bond donors (Lipinski definition) is 0. The highest BCUT2D eigenvalue weighted by Crippen LogP contribution is 2.40. The van der Waals surface area contributed by atoms with Gasteiger partial charge < -0.3 is 14.1 Å². The van der Waals surface area contributed by atoms with Crippen LogP contribution in [-0.4, -0.2) is 11.5 Å². The zero-order chi connectivity index (χ0) is 17.4. The van der Waals surface area contributed by atoms with Crippen LogP contribution in [0.2, 0.25) is 10.0 Å². The van der Waals surface area contributed by atoms with Gasteiger partial charge in [0.15, 0.2) is 11.3 Å². The van der Waals surface area contributed by atoms with Gasteiger partial charge in [0.25, 0.3) is 0 Å². The van der Waals surface area contributed by atoms with E-state index >= 15 is 0 Å². The molecule has 3 aromatic rings. The van der Waals surface area contributed by atoms with Crippen LogP contribution < -0.4 is 9.64 Å². The number of oxazole rings is 1. The molecule has 0 saturated heterocycles. The van der Waals surface area contributed by atoms with E-state index in [1.54, 1.807) is 24.3 Å². The predicted molar refractivity (Wildman–Crippen MR) is 101 cm³/mol. The molecule has 0 unspecified atom stereocenters. The molecule has 1 aliphatic heterocycles. The van der Waals surface area contributed by atoms with E-state index in [1.807, 2.05) is 30.4 Å². The Hall–Kier alpha value is -2.43. The second-order valence-corrected chi connectivity index (χ2v) is 6.36. The van der Waals surface area contributed by atoms with Crippen LogP contribution in [0, 0.1) is 0 Å². The van der Waals surface area contributed by atoms with E-state index in [-0.39, 0.29) is 0 Å². The van der Waals surface area contributed by atoms with Crippen molar-refractivity contribution in [1.29, 1.82) is 0 Å². The molecule has 0 N–H and O–H groups in total. The van der Waals surface area contributed by atoms with Gasteiger partial charge in [0.2, 0.25) is 11.8 Å². The normalized spacial score (nSPS) is 15.3. The molecule has 0 spiro atoms. The molecule has 0 fully saturated rings. The molecule has 0 saturated carbocycles. The van der Waals surface area contributed by atoms with Crippen LogP contribution in [0.5, 0.6) is 5.75 Å². The largest absolute Gasteiger partial charge is 0.439 e. The average molecular weight is 373 g/mol. The standard InChI is InChI=1S/C19H14Cl2N2O2/c1-2-23-15-11-13(21)7-9-17(15)25-19(23)5-3-4-18-22-14-10-12(20)6-8-16(14)24-18/h3-11H,2H2,1H3. The summed E-state index contributed by atoms with van der Waals surface area (Å²) in [7, 11) is 0. The van der Waals surface area contributed by atoms with Crippen LogP contribution in [0.1, 0.15) is 12.8 Å². The van der Waals surface area contributed by atoms with E-state index in [4.69, 9.17) is 32.4 Å². The Kier molecular flexibility index (Phi) is 4.15. The van der Waals surface area contributed by atoms with Gasteiger partial charge in [-0.1, -0.05) is 29.3 Å². The van der Waals surface area contributed by atoms with Crippen molar-refractivity contribution in [3.8, 4) is 5.75 Å². The summed E-state index contributed by atoms with van der Waals surface area (Å²) in [4.78, 5) is 6.44. The third kappa shape index (κ3) is 3.11. The molecule has 2 heterocycles. The highest BCUT2D eigenvalue weighted by Gasteiger charge is 2.24. The van der Waals surface area contributed by atoms with Crippen LogP contribution in [0.4, 0.5) is 5.69 Å². The number of benzene rings is 2. The average Bonchev–Trinajstić information content (AvgIpc) is 3.14. The molecule has 126 valence electrons. The highest BCUT2D eigenvalue weighted by molar-refractivity contribution is 6.31. The van der Waals surface area contributed by atoms with E-state index in [0.717, 1.165) is 29.4 Å². The van der Waals surface area contributed by atoms with Crippen LogP contribution >= 0.6 is 23.2 Å². The van der Waals surface area contributed by atoms with E-state index in [9.17, 15) is 0 Å². The SMILES string of the molecule is CCN1C(=CC=Cc2nc3cc(Cl)ccc3o2)Oc2ccc(Cl)cc21. The predicted octanol–water partition coefficient (Wildman–Crippen LogP) is 5.91.